The lowest BCUT2D eigenvalue weighted by Crippen LogP contribution is -2.62. The lowest BCUT2D eigenvalue weighted by atomic mass is 9.98. The zero-order valence-corrected chi connectivity index (χ0v) is 9.02. The first-order valence-electron chi connectivity index (χ1n) is 4.92. The fourth-order valence-electron chi connectivity index (χ4n) is 2.08. The molecular weight excluding hydrogens is 148 g/mol. The van der Waals surface area contributed by atoms with Crippen LogP contribution in [0.5, 0.6) is 0 Å². The van der Waals surface area contributed by atoms with E-state index < -0.39 is 0 Å². The van der Waals surface area contributed by atoms with E-state index in [1.807, 2.05) is 0 Å². The van der Waals surface area contributed by atoms with Crippen LogP contribution in [0.15, 0.2) is 0 Å². The summed E-state index contributed by atoms with van der Waals surface area (Å²) in [4.78, 5) is 2.54. The van der Waals surface area contributed by atoms with Crippen LogP contribution in [0.25, 0.3) is 0 Å². The predicted octanol–water partition coefficient (Wildman–Crippen LogP) is 1.47. The van der Waals surface area contributed by atoms with Crippen molar-refractivity contribution in [1.29, 1.82) is 0 Å². The Hall–Kier alpha value is -0.0800. The molecule has 0 aromatic rings. The average molecular weight is 170 g/mol. The molecule has 0 aromatic carbocycles. The molecule has 1 aliphatic rings. The normalized spacial score (nSPS) is 31.0. The summed E-state index contributed by atoms with van der Waals surface area (Å²) in [6.45, 7) is 13.7. The standard InChI is InChI=1S/C10H22N2/c1-8(2)12-6-9(3)11-10(4,5)7-12/h8-9,11H,6-7H2,1-5H3/t9-/m0/s1. The van der Waals surface area contributed by atoms with Gasteiger partial charge in [0.05, 0.1) is 0 Å². The molecule has 0 saturated carbocycles. The van der Waals surface area contributed by atoms with Crippen molar-refractivity contribution in [2.75, 3.05) is 13.1 Å². The van der Waals surface area contributed by atoms with Crippen molar-refractivity contribution in [1.82, 2.24) is 10.2 Å². The van der Waals surface area contributed by atoms with E-state index in [0.29, 0.717) is 12.1 Å². The highest BCUT2D eigenvalue weighted by atomic mass is 15.2. The van der Waals surface area contributed by atoms with Gasteiger partial charge in [-0.05, 0) is 34.6 Å². The van der Waals surface area contributed by atoms with Crippen LogP contribution in [0, 0.1) is 0 Å². The Morgan fingerprint density at radius 1 is 1.42 bits per heavy atom. The first-order valence-corrected chi connectivity index (χ1v) is 4.92. The summed E-state index contributed by atoms with van der Waals surface area (Å²) in [5.41, 5.74) is 0.280. The van der Waals surface area contributed by atoms with Gasteiger partial charge in [0.1, 0.15) is 0 Å². The van der Waals surface area contributed by atoms with E-state index in [1.165, 1.54) is 6.54 Å². The second-order valence-electron chi connectivity index (χ2n) is 4.95. The minimum Gasteiger partial charge on any atom is -0.307 e. The Bertz CT molecular complexity index is 152. The van der Waals surface area contributed by atoms with Crippen molar-refractivity contribution in [3.63, 3.8) is 0 Å². The van der Waals surface area contributed by atoms with Crippen molar-refractivity contribution in [2.45, 2.75) is 52.2 Å². The van der Waals surface area contributed by atoms with Crippen LogP contribution < -0.4 is 5.32 Å². The second-order valence-corrected chi connectivity index (χ2v) is 4.95. The van der Waals surface area contributed by atoms with Gasteiger partial charge in [0.2, 0.25) is 0 Å². The van der Waals surface area contributed by atoms with Crippen molar-refractivity contribution in [2.24, 2.45) is 0 Å². The van der Waals surface area contributed by atoms with Gasteiger partial charge in [0.25, 0.3) is 0 Å². The fraction of sp³-hybridized carbons (Fsp3) is 1.00. The quantitative estimate of drug-likeness (QED) is 0.641. The van der Waals surface area contributed by atoms with E-state index >= 15 is 0 Å². The number of nitrogens with zero attached hydrogens (tertiary/aromatic N) is 1. The van der Waals surface area contributed by atoms with E-state index in [4.69, 9.17) is 0 Å². The Labute approximate surface area is 76.3 Å². The van der Waals surface area contributed by atoms with Crippen LogP contribution >= 0.6 is 0 Å². The maximum Gasteiger partial charge on any atom is 0.0255 e. The van der Waals surface area contributed by atoms with Crippen LogP contribution in [0.1, 0.15) is 34.6 Å². The Morgan fingerprint density at radius 2 is 2.00 bits per heavy atom. The average Bonchev–Trinajstić information content (AvgIpc) is 1.82. The molecule has 12 heavy (non-hydrogen) atoms. The van der Waals surface area contributed by atoms with Crippen LogP contribution in [0.2, 0.25) is 0 Å². The van der Waals surface area contributed by atoms with E-state index in [0.717, 1.165) is 6.54 Å². The Morgan fingerprint density at radius 3 is 2.42 bits per heavy atom. The molecule has 1 N–H and O–H groups in total. The van der Waals surface area contributed by atoms with Crippen LogP contribution in [-0.2, 0) is 0 Å². The minimum atomic E-state index is 0.280. The number of hydrogen-bond donors (Lipinski definition) is 1. The van der Waals surface area contributed by atoms with Gasteiger partial charge in [-0.2, -0.15) is 0 Å². The topological polar surface area (TPSA) is 15.3 Å². The first-order chi connectivity index (χ1) is 5.41. The molecule has 2 heteroatoms. The van der Waals surface area contributed by atoms with Gasteiger partial charge < -0.3 is 5.32 Å². The van der Waals surface area contributed by atoms with Gasteiger partial charge in [0, 0.05) is 30.7 Å². The van der Waals surface area contributed by atoms with E-state index in [1.54, 1.807) is 0 Å². The molecule has 1 atom stereocenters. The van der Waals surface area contributed by atoms with E-state index in [-0.39, 0.29) is 5.54 Å². The van der Waals surface area contributed by atoms with Crippen LogP contribution in [0.3, 0.4) is 0 Å². The van der Waals surface area contributed by atoms with E-state index in [9.17, 15) is 0 Å². The lowest BCUT2D eigenvalue weighted by molar-refractivity contribution is 0.0966. The molecule has 2 nitrogen and oxygen atoms in total. The smallest absolute Gasteiger partial charge is 0.0255 e. The molecule has 1 heterocycles. The second kappa shape index (κ2) is 3.35. The summed E-state index contributed by atoms with van der Waals surface area (Å²) in [7, 11) is 0. The lowest BCUT2D eigenvalue weighted by Gasteiger charge is -2.44. The third kappa shape index (κ3) is 2.46. The molecule has 0 aromatic heterocycles. The summed E-state index contributed by atoms with van der Waals surface area (Å²) < 4.78 is 0. The Kier molecular flexibility index (Phi) is 2.79. The highest BCUT2D eigenvalue weighted by Crippen LogP contribution is 2.15. The predicted molar refractivity (Wildman–Crippen MR) is 53.4 cm³/mol. The molecule has 0 unspecified atom stereocenters. The highest BCUT2D eigenvalue weighted by Gasteiger charge is 2.30. The molecule has 0 radical (unpaired) electrons. The summed E-state index contributed by atoms with van der Waals surface area (Å²) in [5.74, 6) is 0. The largest absolute Gasteiger partial charge is 0.307 e. The molecule has 1 aliphatic heterocycles. The maximum atomic E-state index is 3.60. The van der Waals surface area contributed by atoms with Gasteiger partial charge >= 0.3 is 0 Å². The number of hydrogen-bond acceptors (Lipinski definition) is 2. The molecule has 1 rings (SSSR count). The molecule has 72 valence electrons. The van der Waals surface area contributed by atoms with Gasteiger partial charge in [0.15, 0.2) is 0 Å². The van der Waals surface area contributed by atoms with Gasteiger partial charge in [-0.25, -0.2) is 0 Å². The SMILES string of the molecule is CC(C)N1C[C@H](C)NC(C)(C)C1. The van der Waals surface area contributed by atoms with Gasteiger partial charge in [-0.15, -0.1) is 0 Å². The third-order valence-electron chi connectivity index (χ3n) is 2.47. The summed E-state index contributed by atoms with van der Waals surface area (Å²) in [6, 6.07) is 1.30. The van der Waals surface area contributed by atoms with Crippen LogP contribution in [-0.4, -0.2) is 35.6 Å². The number of piperazine rings is 1. The molecule has 1 saturated heterocycles. The zero-order valence-electron chi connectivity index (χ0n) is 9.02. The zero-order chi connectivity index (χ0) is 9.35. The minimum absolute atomic E-state index is 0.280. The summed E-state index contributed by atoms with van der Waals surface area (Å²) in [6.07, 6.45) is 0. The third-order valence-corrected chi connectivity index (χ3v) is 2.47. The number of rotatable bonds is 1. The van der Waals surface area contributed by atoms with E-state index in [2.05, 4.69) is 44.8 Å². The van der Waals surface area contributed by atoms with Gasteiger partial charge in [-0.3, -0.25) is 4.90 Å². The van der Waals surface area contributed by atoms with Crippen LogP contribution in [0.4, 0.5) is 0 Å². The maximum absolute atomic E-state index is 3.60. The monoisotopic (exact) mass is 170 g/mol. The van der Waals surface area contributed by atoms with Crippen molar-refractivity contribution >= 4 is 0 Å². The molecule has 0 bridgehead atoms. The van der Waals surface area contributed by atoms with Gasteiger partial charge in [-0.1, -0.05) is 0 Å². The molecule has 0 amide bonds. The molecular formula is C10H22N2. The number of nitrogens with one attached hydrogen (secondary N) is 1. The summed E-state index contributed by atoms with van der Waals surface area (Å²) >= 11 is 0. The molecule has 0 spiro atoms. The molecule has 1 fully saturated rings. The fourth-order valence-corrected chi connectivity index (χ4v) is 2.08. The molecule has 0 aliphatic carbocycles. The Balaban J connectivity index is 2.58. The van der Waals surface area contributed by atoms with Crippen molar-refractivity contribution < 1.29 is 0 Å². The summed E-state index contributed by atoms with van der Waals surface area (Å²) in [5, 5.41) is 3.60. The van der Waals surface area contributed by atoms with Crippen molar-refractivity contribution in [3.05, 3.63) is 0 Å². The van der Waals surface area contributed by atoms with Crippen molar-refractivity contribution in [3.8, 4) is 0 Å². The highest BCUT2D eigenvalue weighted by molar-refractivity contribution is 4.91. The first kappa shape index (κ1) is 10.0.